The Hall–Kier alpha value is -3.79. The second kappa shape index (κ2) is 12.8. The summed E-state index contributed by atoms with van der Waals surface area (Å²) in [6.07, 6.45) is 1.71. The molecule has 0 atom stereocenters. The van der Waals surface area contributed by atoms with Gasteiger partial charge in [0.1, 0.15) is 0 Å². The summed E-state index contributed by atoms with van der Waals surface area (Å²) in [5, 5.41) is 14.8. The number of nitrogens with one attached hydrogen (secondary N) is 2. The molecule has 0 radical (unpaired) electrons. The van der Waals surface area contributed by atoms with Crippen LogP contribution in [-0.2, 0) is 17.9 Å². The number of amides is 2. The van der Waals surface area contributed by atoms with Crippen molar-refractivity contribution in [3.8, 4) is 11.5 Å². The quantitative estimate of drug-likeness (QED) is 0.277. The van der Waals surface area contributed by atoms with E-state index in [9.17, 15) is 9.59 Å². The number of aromatic nitrogens is 3. The molecule has 9 nitrogen and oxygen atoms in total. The standard InChI is InChI=1S/C26H31N5O4S/c1-6-13-31-23(15-27-25(33)18-11-12-21(34-4)22(14-18)35-5)29-30-26(31)36-16-24(32)28-20-10-8-7-9-19(20)17(2)3/h6-12,14,17H,1,13,15-16H2,2-5H3,(H,27,33)(H,28,32). The lowest BCUT2D eigenvalue weighted by atomic mass is 10.0. The van der Waals surface area contributed by atoms with E-state index in [0.29, 0.717) is 40.5 Å². The van der Waals surface area contributed by atoms with Gasteiger partial charge < -0.3 is 24.7 Å². The molecule has 0 fully saturated rings. The van der Waals surface area contributed by atoms with Crippen LogP contribution in [0.3, 0.4) is 0 Å². The molecule has 1 heterocycles. The van der Waals surface area contributed by atoms with Crippen LogP contribution in [0.4, 0.5) is 5.69 Å². The fourth-order valence-corrected chi connectivity index (χ4v) is 4.31. The summed E-state index contributed by atoms with van der Waals surface area (Å²) in [6.45, 7) is 8.56. The summed E-state index contributed by atoms with van der Waals surface area (Å²) in [5.41, 5.74) is 2.32. The molecule has 0 unspecified atom stereocenters. The van der Waals surface area contributed by atoms with Crippen molar-refractivity contribution in [3.63, 3.8) is 0 Å². The summed E-state index contributed by atoms with van der Waals surface area (Å²) in [5.74, 6) is 1.59. The Morgan fingerprint density at radius 3 is 2.56 bits per heavy atom. The molecule has 0 spiro atoms. The van der Waals surface area contributed by atoms with E-state index >= 15 is 0 Å². The van der Waals surface area contributed by atoms with E-state index in [0.717, 1.165) is 11.3 Å². The van der Waals surface area contributed by atoms with E-state index < -0.39 is 0 Å². The molecule has 36 heavy (non-hydrogen) atoms. The normalized spacial score (nSPS) is 10.7. The number of ether oxygens (including phenoxy) is 2. The fourth-order valence-electron chi connectivity index (χ4n) is 3.54. The van der Waals surface area contributed by atoms with Crippen molar-refractivity contribution < 1.29 is 19.1 Å². The van der Waals surface area contributed by atoms with Crippen LogP contribution in [0.5, 0.6) is 11.5 Å². The van der Waals surface area contributed by atoms with Gasteiger partial charge in [-0.05, 0) is 35.7 Å². The summed E-state index contributed by atoms with van der Waals surface area (Å²) in [7, 11) is 3.05. The SMILES string of the molecule is C=CCn1c(CNC(=O)c2ccc(OC)c(OC)c2)nnc1SCC(=O)Nc1ccccc1C(C)C. The van der Waals surface area contributed by atoms with Crippen molar-refractivity contribution in [2.45, 2.75) is 38.0 Å². The minimum Gasteiger partial charge on any atom is -0.493 e. The van der Waals surface area contributed by atoms with Gasteiger partial charge in [-0.2, -0.15) is 0 Å². The summed E-state index contributed by atoms with van der Waals surface area (Å²) >= 11 is 1.28. The average Bonchev–Trinajstić information content (AvgIpc) is 3.27. The van der Waals surface area contributed by atoms with Gasteiger partial charge >= 0.3 is 0 Å². The van der Waals surface area contributed by atoms with E-state index in [-0.39, 0.29) is 24.1 Å². The summed E-state index contributed by atoms with van der Waals surface area (Å²) < 4.78 is 12.3. The van der Waals surface area contributed by atoms with Gasteiger partial charge in [-0.1, -0.05) is 49.9 Å². The highest BCUT2D eigenvalue weighted by Crippen LogP contribution is 2.28. The second-order valence-corrected chi connectivity index (χ2v) is 9.07. The van der Waals surface area contributed by atoms with Crippen LogP contribution in [0.2, 0.25) is 0 Å². The zero-order chi connectivity index (χ0) is 26.1. The highest BCUT2D eigenvalue weighted by Gasteiger charge is 2.17. The molecule has 190 valence electrons. The number of thioether (sulfide) groups is 1. The van der Waals surface area contributed by atoms with Gasteiger partial charge in [-0.25, -0.2) is 0 Å². The third-order valence-electron chi connectivity index (χ3n) is 5.35. The first kappa shape index (κ1) is 26.8. The van der Waals surface area contributed by atoms with E-state index in [1.165, 1.54) is 26.0 Å². The van der Waals surface area contributed by atoms with E-state index in [4.69, 9.17) is 9.47 Å². The smallest absolute Gasteiger partial charge is 0.251 e. The maximum atomic E-state index is 12.7. The number of carbonyl (C=O) groups excluding carboxylic acids is 2. The Morgan fingerprint density at radius 1 is 1.11 bits per heavy atom. The maximum Gasteiger partial charge on any atom is 0.251 e. The van der Waals surface area contributed by atoms with Crippen molar-refractivity contribution >= 4 is 29.3 Å². The van der Waals surface area contributed by atoms with Gasteiger partial charge in [-0.15, -0.1) is 16.8 Å². The second-order valence-electron chi connectivity index (χ2n) is 8.13. The Labute approximate surface area is 215 Å². The molecule has 10 heteroatoms. The van der Waals surface area contributed by atoms with Gasteiger partial charge in [0.25, 0.3) is 5.91 Å². The predicted molar refractivity (Wildman–Crippen MR) is 141 cm³/mol. The molecule has 1 aromatic heterocycles. The van der Waals surface area contributed by atoms with Gasteiger partial charge in [0.15, 0.2) is 22.5 Å². The Balaban J connectivity index is 1.64. The van der Waals surface area contributed by atoms with Crippen molar-refractivity contribution in [1.82, 2.24) is 20.1 Å². The lowest BCUT2D eigenvalue weighted by molar-refractivity contribution is -0.113. The van der Waals surface area contributed by atoms with Crippen LogP contribution in [0.15, 0.2) is 60.3 Å². The van der Waals surface area contributed by atoms with Crippen molar-refractivity contribution in [1.29, 1.82) is 0 Å². The lowest BCUT2D eigenvalue weighted by Crippen LogP contribution is -2.25. The van der Waals surface area contributed by atoms with Crippen LogP contribution in [-0.4, -0.2) is 46.6 Å². The minimum atomic E-state index is -0.290. The largest absolute Gasteiger partial charge is 0.493 e. The number of rotatable bonds is 12. The molecule has 0 aliphatic heterocycles. The number of nitrogens with zero attached hydrogens (tertiary/aromatic N) is 3. The number of methoxy groups -OCH3 is 2. The zero-order valence-electron chi connectivity index (χ0n) is 20.9. The molecule has 3 aromatic rings. The molecule has 0 aliphatic rings. The number of hydrogen-bond acceptors (Lipinski definition) is 7. The maximum absolute atomic E-state index is 12.7. The number of hydrogen-bond donors (Lipinski definition) is 2. The zero-order valence-corrected chi connectivity index (χ0v) is 21.7. The molecular weight excluding hydrogens is 478 g/mol. The number of benzene rings is 2. The van der Waals surface area contributed by atoms with Crippen LogP contribution in [0, 0.1) is 0 Å². The number of carbonyl (C=O) groups is 2. The summed E-state index contributed by atoms with van der Waals surface area (Å²) in [4.78, 5) is 25.3. The van der Waals surface area contributed by atoms with Crippen molar-refractivity contribution in [2.75, 3.05) is 25.3 Å². The first-order chi connectivity index (χ1) is 17.4. The molecule has 0 aliphatic carbocycles. The van der Waals surface area contributed by atoms with Crippen LogP contribution in [0.25, 0.3) is 0 Å². The first-order valence-electron chi connectivity index (χ1n) is 11.4. The molecule has 0 saturated heterocycles. The number of para-hydroxylation sites is 1. The highest BCUT2D eigenvalue weighted by molar-refractivity contribution is 7.99. The lowest BCUT2D eigenvalue weighted by Gasteiger charge is -2.13. The Morgan fingerprint density at radius 2 is 1.86 bits per heavy atom. The molecule has 2 N–H and O–H groups in total. The highest BCUT2D eigenvalue weighted by atomic mass is 32.2. The van der Waals surface area contributed by atoms with E-state index in [1.54, 1.807) is 24.3 Å². The van der Waals surface area contributed by atoms with Crippen molar-refractivity contribution in [3.05, 3.63) is 72.1 Å². The molecule has 2 amide bonds. The fraction of sp³-hybridized carbons (Fsp3) is 0.308. The van der Waals surface area contributed by atoms with E-state index in [1.807, 2.05) is 28.8 Å². The van der Waals surface area contributed by atoms with Gasteiger partial charge in [0.05, 0.1) is 26.5 Å². The Bertz CT molecular complexity index is 1220. The average molecular weight is 510 g/mol. The number of anilines is 1. The third kappa shape index (κ3) is 6.66. The third-order valence-corrected chi connectivity index (χ3v) is 6.31. The molecule has 2 aromatic carbocycles. The Kier molecular flexibility index (Phi) is 9.52. The van der Waals surface area contributed by atoms with Crippen LogP contribution < -0.4 is 20.1 Å². The van der Waals surface area contributed by atoms with Gasteiger partial charge in [0, 0.05) is 17.8 Å². The monoisotopic (exact) mass is 509 g/mol. The van der Waals surface area contributed by atoms with E-state index in [2.05, 4.69) is 41.3 Å². The topological polar surface area (TPSA) is 107 Å². The summed E-state index contributed by atoms with van der Waals surface area (Å²) in [6, 6.07) is 12.7. The first-order valence-corrected chi connectivity index (χ1v) is 12.4. The van der Waals surface area contributed by atoms with Crippen molar-refractivity contribution in [2.24, 2.45) is 0 Å². The van der Waals surface area contributed by atoms with Crippen LogP contribution >= 0.6 is 11.8 Å². The predicted octanol–water partition coefficient (Wildman–Crippen LogP) is 4.27. The molecule has 0 saturated carbocycles. The number of allylic oxidation sites excluding steroid dienone is 1. The van der Waals surface area contributed by atoms with Gasteiger partial charge in [0.2, 0.25) is 5.91 Å². The molecule has 0 bridgehead atoms. The minimum absolute atomic E-state index is 0.135. The molecule has 3 rings (SSSR count). The molecular formula is C26H31N5O4S. The van der Waals surface area contributed by atoms with Gasteiger partial charge in [-0.3, -0.25) is 9.59 Å². The van der Waals surface area contributed by atoms with Crippen LogP contribution in [0.1, 0.15) is 41.5 Å².